The van der Waals surface area contributed by atoms with E-state index in [1.807, 2.05) is 11.6 Å². The first-order valence-electron chi connectivity index (χ1n) is 9.11. The maximum Gasteiger partial charge on any atom is 0.306 e. The average Bonchev–Trinajstić information content (AvgIpc) is 3.32. The summed E-state index contributed by atoms with van der Waals surface area (Å²) in [5, 5.41) is 3.06. The number of aliphatic imine (C=N–C) groups is 1. The van der Waals surface area contributed by atoms with Crippen LogP contribution in [0.5, 0.6) is 0 Å². The number of esters is 1. The van der Waals surface area contributed by atoms with E-state index in [-0.39, 0.29) is 36.0 Å². The summed E-state index contributed by atoms with van der Waals surface area (Å²) >= 11 is 1.66. The van der Waals surface area contributed by atoms with Gasteiger partial charge in [-0.15, -0.1) is 35.3 Å². The second-order valence-corrected chi connectivity index (χ2v) is 7.40. The molecule has 2 heterocycles. The van der Waals surface area contributed by atoms with Gasteiger partial charge >= 0.3 is 5.97 Å². The van der Waals surface area contributed by atoms with Gasteiger partial charge in [-0.05, 0) is 32.1 Å². The first-order chi connectivity index (χ1) is 12.2. The molecule has 0 atom stereocenters. The Hall–Kier alpha value is -1.10. The van der Waals surface area contributed by atoms with E-state index >= 15 is 0 Å². The van der Waals surface area contributed by atoms with Crippen molar-refractivity contribution in [2.45, 2.75) is 44.6 Å². The summed E-state index contributed by atoms with van der Waals surface area (Å²) in [5.41, 5.74) is 6.09. The fourth-order valence-corrected chi connectivity index (χ4v) is 3.96. The zero-order chi connectivity index (χ0) is 17.5. The summed E-state index contributed by atoms with van der Waals surface area (Å²) in [6.07, 6.45) is 7.47. The number of ether oxygens (including phenoxy) is 1. The first-order valence-corrected chi connectivity index (χ1v) is 9.99. The van der Waals surface area contributed by atoms with Gasteiger partial charge in [0.2, 0.25) is 0 Å². The van der Waals surface area contributed by atoms with Gasteiger partial charge in [0.25, 0.3) is 0 Å². The van der Waals surface area contributed by atoms with E-state index in [1.54, 1.807) is 11.3 Å². The van der Waals surface area contributed by atoms with E-state index < -0.39 is 0 Å². The molecule has 146 valence electrons. The molecule has 0 radical (unpaired) electrons. The number of nitrogens with two attached hydrogens (primary N) is 1. The Morgan fingerprint density at radius 3 is 2.69 bits per heavy atom. The predicted molar refractivity (Wildman–Crippen MR) is 115 cm³/mol. The molecule has 1 aromatic rings. The monoisotopic (exact) mass is 493 g/mol. The number of carbonyl (C=O) groups is 1. The summed E-state index contributed by atoms with van der Waals surface area (Å²) in [4.78, 5) is 24.9. The quantitative estimate of drug-likeness (QED) is 0.216. The van der Waals surface area contributed by atoms with E-state index in [9.17, 15) is 4.79 Å². The molecule has 0 bridgehead atoms. The van der Waals surface area contributed by atoms with Crippen LogP contribution in [0.2, 0.25) is 0 Å². The van der Waals surface area contributed by atoms with Crippen LogP contribution in [0.25, 0.3) is 0 Å². The highest BCUT2D eigenvalue weighted by Gasteiger charge is 2.20. The van der Waals surface area contributed by atoms with Crippen LogP contribution in [0.1, 0.15) is 38.5 Å². The van der Waals surface area contributed by atoms with Crippen LogP contribution < -0.4 is 10.6 Å². The van der Waals surface area contributed by atoms with E-state index in [1.165, 1.54) is 12.8 Å². The van der Waals surface area contributed by atoms with Crippen LogP contribution in [-0.4, -0.2) is 60.6 Å². The lowest BCUT2D eigenvalue weighted by Crippen LogP contribution is -2.51. The molecular formula is C17H28IN5O2S. The Balaban J connectivity index is 0.00000243. The molecule has 1 saturated heterocycles. The maximum atomic E-state index is 11.8. The summed E-state index contributed by atoms with van der Waals surface area (Å²) in [6, 6.07) is 0. The number of carbonyl (C=O) groups excluding carboxylic acids is 1. The summed E-state index contributed by atoms with van der Waals surface area (Å²) in [5.74, 6) is 0.473. The van der Waals surface area contributed by atoms with Crippen molar-refractivity contribution in [2.75, 3.05) is 37.6 Å². The Labute approximate surface area is 176 Å². The fourth-order valence-electron chi connectivity index (χ4n) is 3.27. The van der Waals surface area contributed by atoms with E-state index in [0.717, 1.165) is 44.2 Å². The average molecular weight is 493 g/mol. The highest BCUT2D eigenvalue weighted by Crippen LogP contribution is 2.21. The van der Waals surface area contributed by atoms with Gasteiger partial charge < -0.3 is 20.3 Å². The number of halogens is 1. The van der Waals surface area contributed by atoms with Gasteiger partial charge in [-0.3, -0.25) is 9.79 Å². The summed E-state index contributed by atoms with van der Waals surface area (Å²) in [6.45, 7) is 4.06. The second kappa shape index (κ2) is 10.9. The zero-order valence-electron chi connectivity index (χ0n) is 15.0. The molecule has 9 heteroatoms. The number of anilines is 1. The first kappa shape index (κ1) is 21.2. The van der Waals surface area contributed by atoms with Gasteiger partial charge in [0, 0.05) is 50.7 Å². The maximum absolute atomic E-state index is 11.8. The third kappa shape index (κ3) is 6.26. The van der Waals surface area contributed by atoms with Crippen molar-refractivity contribution >= 4 is 52.4 Å². The van der Waals surface area contributed by atoms with Gasteiger partial charge in [0.05, 0.1) is 0 Å². The molecule has 0 unspecified atom stereocenters. The molecule has 26 heavy (non-hydrogen) atoms. The zero-order valence-corrected chi connectivity index (χ0v) is 18.2. The number of hydrogen-bond donors (Lipinski definition) is 1. The normalized spacial score (nSPS) is 18.7. The molecule has 2 aliphatic rings. The van der Waals surface area contributed by atoms with Crippen LogP contribution in [-0.2, 0) is 9.53 Å². The highest BCUT2D eigenvalue weighted by atomic mass is 127. The van der Waals surface area contributed by atoms with E-state index in [2.05, 4.69) is 19.8 Å². The predicted octanol–water partition coefficient (Wildman–Crippen LogP) is 2.46. The molecule has 1 aromatic heterocycles. The number of hydrogen-bond acceptors (Lipinski definition) is 6. The molecule has 2 N–H and O–H groups in total. The lowest BCUT2D eigenvalue weighted by molar-refractivity contribution is -0.148. The number of guanidine groups is 1. The van der Waals surface area contributed by atoms with Gasteiger partial charge in [-0.25, -0.2) is 4.98 Å². The second-order valence-electron chi connectivity index (χ2n) is 6.53. The van der Waals surface area contributed by atoms with Crippen LogP contribution >= 0.6 is 35.3 Å². The minimum Gasteiger partial charge on any atom is -0.462 e. The van der Waals surface area contributed by atoms with Crippen molar-refractivity contribution < 1.29 is 9.53 Å². The molecule has 0 aromatic carbocycles. The van der Waals surface area contributed by atoms with Gasteiger partial charge in [-0.1, -0.05) is 0 Å². The highest BCUT2D eigenvalue weighted by molar-refractivity contribution is 14.0. The van der Waals surface area contributed by atoms with Crippen molar-refractivity contribution in [1.29, 1.82) is 0 Å². The van der Waals surface area contributed by atoms with Crippen molar-refractivity contribution in [1.82, 2.24) is 9.88 Å². The Bertz CT molecular complexity index is 570. The van der Waals surface area contributed by atoms with Gasteiger partial charge in [-0.2, -0.15) is 0 Å². The molecule has 3 rings (SSSR count). The standard InChI is InChI=1S/C17H27N5O2S.HI/c18-16(19-7-3-6-15(23)24-14-4-1-2-5-14)21-9-11-22(12-10-21)17-20-8-13-25-17;/h8,13-14H,1-7,9-12H2,(H2,18,19);1H. The number of nitrogens with zero attached hydrogens (tertiary/aromatic N) is 4. The van der Waals surface area contributed by atoms with Gasteiger partial charge in [0.15, 0.2) is 11.1 Å². The Kier molecular flexibility index (Phi) is 8.89. The third-order valence-corrected chi connectivity index (χ3v) is 5.54. The lowest BCUT2D eigenvalue weighted by atomic mass is 10.3. The molecule has 1 saturated carbocycles. The number of thiazole rings is 1. The SMILES string of the molecule is I.NC(=NCCCC(=O)OC1CCCC1)N1CCN(c2nccs2)CC1. The van der Waals surface area contributed by atoms with Crippen LogP contribution in [0, 0.1) is 0 Å². The molecular weight excluding hydrogens is 465 g/mol. The lowest BCUT2D eigenvalue weighted by Gasteiger charge is -2.35. The van der Waals surface area contributed by atoms with Crippen LogP contribution in [0.4, 0.5) is 5.13 Å². The van der Waals surface area contributed by atoms with E-state index in [4.69, 9.17) is 10.5 Å². The Morgan fingerprint density at radius 2 is 2.04 bits per heavy atom. The fraction of sp³-hybridized carbons (Fsp3) is 0.706. The topological polar surface area (TPSA) is 84.0 Å². The van der Waals surface area contributed by atoms with Crippen molar-refractivity contribution in [3.63, 3.8) is 0 Å². The van der Waals surface area contributed by atoms with Crippen molar-refractivity contribution in [2.24, 2.45) is 10.7 Å². The van der Waals surface area contributed by atoms with Crippen molar-refractivity contribution in [3.8, 4) is 0 Å². The van der Waals surface area contributed by atoms with Gasteiger partial charge in [0.1, 0.15) is 6.10 Å². The minimum absolute atomic E-state index is 0. The van der Waals surface area contributed by atoms with E-state index in [0.29, 0.717) is 25.3 Å². The molecule has 7 nitrogen and oxygen atoms in total. The molecule has 0 spiro atoms. The molecule has 1 aliphatic carbocycles. The number of piperazine rings is 1. The minimum atomic E-state index is -0.0993. The number of aromatic nitrogens is 1. The Morgan fingerprint density at radius 1 is 1.31 bits per heavy atom. The smallest absolute Gasteiger partial charge is 0.306 e. The third-order valence-electron chi connectivity index (χ3n) is 4.71. The number of rotatable bonds is 6. The molecule has 2 fully saturated rings. The molecule has 0 amide bonds. The van der Waals surface area contributed by atoms with Crippen LogP contribution in [0.3, 0.4) is 0 Å². The summed E-state index contributed by atoms with van der Waals surface area (Å²) < 4.78 is 5.44. The largest absolute Gasteiger partial charge is 0.462 e. The van der Waals surface area contributed by atoms with Crippen molar-refractivity contribution in [3.05, 3.63) is 11.6 Å². The summed E-state index contributed by atoms with van der Waals surface area (Å²) in [7, 11) is 0. The van der Waals surface area contributed by atoms with Crippen LogP contribution in [0.15, 0.2) is 16.6 Å². The molecule has 1 aliphatic heterocycles.